The van der Waals surface area contributed by atoms with Crippen molar-refractivity contribution >= 4 is 29.1 Å². The van der Waals surface area contributed by atoms with Gasteiger partial charge in [0.05, 0.1) is 6.20 Å². The van der Waals surface area contributed by atoms with Crippen molar-refractivity contribution < 1.29 is 14.0 Å². The van der Waals surface area contributed by atoms with Crippen LogP contribution < -0.4 is 10.6 Å². The lowest BCUT2D eigenvalue weighted by atomic mass is 10.2. The van der Waals surface area contributed by atoms with E-state index in [0.29, 0.717) is 34.3 Å². The Hall–Kier alpha value is -3.12. The number of carbonyl (C=O) groups excluding carboxylic acids is 2. The lowest BCUT2D eigenvalue weighted by Crippen LogP contribution is -2.18. The van der Waals surface area contributed by atoms with Crippen molar-refractivity contribution in [3.63, 3.8) is 0 Å². The molecule has 2 amide bonds. The largest absolute Gasteiger partial charge is 0.441 e. The second kappa shape index (κ2) is 8.51. The van der Waals surface area contributed by atoms with Crippen LogP contribution in [0.25, 0.3) is 11.3 Å². The van der Waals surface area contributed by atoms with Crippen molar-refractivity contribution in [2.75, 3.05) is 12.4 Å². The molecule has 138 valence electrons. The minimum atomic E-state index is -0.173. The Kier molecular flexibility index (Phi) is 5.88. The van der Waals surface area contributed by atoms with Crippen LogP contribution in [-0.2, 0) is 11.2 Å². The molecule has 2 aromatic carbocycles. The highest BCUT2D eigenvalue weighted by Crippen LogP contribution is 2.22. The van der Waals surface area contributed by atoms with E-state index in [9.17, 15) is 9.59 Å². The number of nitrogens with one attached hydrogen (secondary N) is 2. The molecule has 0 aliphatic rings. The molecule has 0 saturated heterocycles. The van der Waals surface area contributed by atoms with Crippen LogP contribution in [0.4, 0.5) is 5.69 Å². The van der Waals surface area contributed by atoms with Gasteiger partial charge in [0.1, 0.15) is 0 Å². The molecule has 0 aliphatic carbocycles. The number of halogens is 1. The van der Waals surface area contributed by atoms with E-state index in [-0.39, 0.29) is 18.2 Å². The van der Waals surface area contributed by atoms with E-state index >= 15 is 0 Å². The van der Waals surface area contributed by atoms with E-state index in [1.807, 2.05) is 12.1 Å². The molecule has 0 fully saturated rings. The Morgan fingerprint density at radius 2 is 1.78 bits per heavy atom. The number of carbonyl (C=O) groups is 2. The van der Waals surface area contributed by atoms with Gasteiger partial charge in [0.25, 0.3) is 5.91 Å². The molecule has 0 saturated carbocycles. The Bertz CT molecular complexity index is 934. The number of aryl methyl sites for hydroxylation is 1. The number of oxazole rings is 1. The molecule has 6 nitrogen and oxygen atoms in total. The molecule has 0 atom stereocenters. The minimum absolute atomic E-state index is 0.158. The zero-order valence-corrected chi connectivity index (χ0v) is 15.4. The molecule has 3 rings (SSSR count). The van der Waals surface area contributed by atoms with Crippen LogP contribution in [0.2, 0.25) is 5.02 Å². The van der Waals surface area contributed by atoms with Gasteiger partial charge in [-0.15, -0.1) is 0 Å². The molecule has 7 heteroatoms. The first-order valence-corrected chi connectivity index (χ1v) is 8.75. The molecule has 0 spiro atoms. The van der Waals surface area contributed by atoms with E-state index in [0.717, 1.165) is 5.56 Å². The van der Waals surface area contributed by atoms with E-state index in [4.69, 9.17) is 16.0 Å². The van der Waals surface area contributed by atoms with Crippen molar-refractivity contribution in [1.82, 2.24) is 10.3 Å². The van der Waals surface area contributed by atoms with Gasteiger partial charge in [-0.1, -0.05) is 11.6 Å². The second-order valence-corrected chi connectivity index (χ2v) is 6.27. The average molecular weight is 384 g/mol. The van der Waals surface area contributed by atoms with Gasteiger partial charge in [-0.25, -0.2) is 4.98 Å². The van der Waals surface area contributed by atoms with E-state index < -0.39 is 0 Å². The molecule has 2 N–H and O–H groups in total. The first-order chi connectivity index (χ1) is 13.0. The smallest absolute Gasteiger partial charge is 0.251 e. The second-order valence-electron chi connectivity index (χ2n) is 5.83. The molecular weight excluding hydrogens is 366 g/mol. The Morgan fingerprint density at radius 3 is 2.44 bits per heavy atom. The molecule has 3 aromatic rings. The third-order valence-corrected chi connectivity index (χ3v) is 4.16. The van der Waals surface area contributed by atoms with Gasteiger partial charge in [-0.3, -0.25) is 9.59 Å². The fourth-order valence-electron chi connectivity index (χ4n) is 2.47. The summed E-state index contributed by atoms with van der Waals surface area (Å²) in [4.78, 5) is 27.8. The lowest BCUT2D eigenvalue weighted by Gasteiger charge is -2.05. The third kappa shape index (κ3) is 4.95. The van der Waals surface area contributed by atoms with E-state index in [1.54, 1.807) is 49.6 Å². The quantitative estimate of drug-likeness (QED) is 0.675. The van der Waals surface area contributed by atoms with Gasteiger partial charge in [-0.05, 0) is 48.5 Å². The maximum atomic E-state index is 12.1. The predicted octanol–water partition coefficient (Wildman–Crippen LogP) is 3.93. The molecule has 1 aromatic heterocycles. The monoisotopic (exact) mass is 383 g/mol. The first-order valence-electron chi connectivity index (χ1n) is 8.38. The summed E-state index contributed by atoms with van der Waals surface area (Å²) in [7, 11) is 1.57. The van der Waals surface area contributed by atoms with Gasteiger partial charge < -0.3 is 15.1 Å². The van der Waals surface area contributed by atoms with Crippen molar-refractivity contribution in [2.24, 2.45) is 0 Å². The summed E-state index contributed by atoms with van der Waals surface area (Å²) in [5.41, 5.74) is 2.03. The third-order valence-electron chi connectivity index (χ3n) is 3.91. The van der Waals surface area contributed by atoms with Crippen LogP contribution in [0.3, 0.4) is 0 Å². The van der Waals surface area contributed by atoms with Crippen LogP contribution in [0, 0.1) is 0 Å². The number of benzene rings is 2. The fraction of sp³-hybridized carbons (Fsp3) is 0.150. The highest BCUT2D eigenvalue weighted by molar-refractivity contribution is 6.30. The number of hydrogen-bond acceptors (Lipinski definition) is 4. The normalized spacial score (nSPS) is 10.4. The van der Waals surface area contributed by atoms with Gasteiger partial charge in [-0.2, -0.15) is 0 Å². The Balaban J connectivity index is 1.53. The number of amides is 2. The van der Waals surface area contributed by atoms with E-state index in [2.05, 4.69) is 15.6 Å². The van der Waals surface area contributed by atoms with Crippen LogP contribution in [0.15, 0.2) is 59.1 Å². The zero-order valence-electron chi connectivity index (χ0n) is 14.7. The number of rotatable bonds is 6. The summed E-state index contributed by atoms with van der Waals surface area (Å²) in [6.07, 6.45) is 2.25. The molecule has 0 aliphatic heterocycles. The number of hydrogen-bond donors (Lipinski definition) is 2. The van der Waals surface area contributed by atoms with Crippen molar-refractivity contribution in [1.29, 1.82) is 0 Å². The molecule has 0 bridgehead atoms. The fourth-order valence-corrected chi connectivity index (χ4v) is 2.59. The molecular formula is C20H18ClN3O3. The zero-order chi connectivity index (χ0) is 19.2. The summed E-state index contributed by atoms with van der Waals surface area (Å²) in [6, 6.07) is 13.9. The minimum Gasteiger partial charge on any atom is -0.441 e. The van der Waals surface area contributed by atoms with Crippen LogP contribution in [-0.4, -0.2) is 23.8 Å². The highest BCUT2D eigenvalue weighted by atomic mass is 35.5. The van der Waals surface area contributed by atoms with Crippen LogP contribution in [0.5, 0.6) is 0 Å². The lowest BCUT2D eigenvalue weighted by molar-refractivity contribution is -0.116. The van der Waals surface area contributed by atoms with E-state index in [1.165, 1.54) is 0 Å². The topological polar surface area (TPSA) is 84.2 Å². The Labute approximate surface area is 161 Å². The van der Waals surface area contributed by atoms with Crippen LogP contribution >= 0.6 is 11.6 Å². The molecule has 0 radical (unpaired) electrons. The maximum Gasteiger partial charge on any atom is 0.251 e. The summed E-state index contributed by atoms with van der Waals surface area (Å²) in [5, 5.41) is 5.98. The highest BCUT2D eigenvalue weighted by Gasteiger charge is 2.10. The summed E-state index contributed by atoms with van der Waals surface area (Å²) in [5.74, 6) is 0.791. The summed E-state index contributed by atoms with van der Waals surface area (Å²) >= 11 is 5.88. The first kappa shape index (κ1) is 18.7. The Morgan fingerprint density at radius 1 is 1.07 bits per heavy atom. The van der Waals surface area contributed by atoms with Crippen molar-refractivity contribution in [3.05, 3.63) is 71.2 Å². The number of aromatic nitrogens is 1. The summed E-state index contributed by atoms with van der Waals surface area (Å²) < 4.78 is 5.69. The number of nitrogens with zero attached hydrogens (tertiary/aromatic N) is 1. The SMILES string of the molecule is CNC(=O)c1ccc(NC(=O)CCc2ncc(-c3ccc(Cl)cc3)o2)cc1. The van der Waals surface area contributed by atoms with Crippen molar-refractivity contribution in [3.8, 4) is 11.3 Å². The van der Waals surface area contributed by atoms with Gasteiger partial charge >= 0.3 is 0 Å². The van der Waals surface area contributed by atoms with Gasteiger partial charge in [0.15, 0.2) is 11.7 Å². The number of anilines is 1. The standard InChI is InChI=1S/C20H18ClN3O3/c1-22-20(26)14-4-8-16(9-5-14)24-18(25)10-11-19-23-12-17(27-19)13-2-6-15(21)7-3-13/h2-9,12H,10-11H2,1H3,(H,22,26)(H,24,25). The van der Waals surface area contributed by atoms with Gasteiger partial charge in [0.2, 0.25) is 5.91 Å². The molecule has 1 heterocycles. The molecule has 27 heavy (non-hydrogen) atoms. The van der Waals surface area contributed by atoms with Crippen molar-refractivity contribution in [2.45, 2.75) is 12.8 Å². The van der Waals surface area contributed by atoms with Gasteiger partial charge in [0, 0.05) is 41.7 Å². The summed E-state index contributed by atoms with van der Waals surface area (Å²) in [6.45, 7) is 0. The molecule has 0 unspecified atom stereocenters. The predicted molar refractivity (Wildman–Crippen MR) is 104 cm³/mol. The average Bonchev–Trinajstić information content (AvgIpc) is 3.16. The maximum absolute atomic E-state index is 12.1. The van der Waals surface area contributed by atoms with Crippen LogP contribution in [0.1, 0.15) is 22.7 Å².